The molecule has 1 aliphatic heterocycles. The van der Waals surface area contributed by atoms with E-state index in [0.717, 1.165) is 26.0 Å². The Balaban J connectivity index is 2.12. The van der Waals surface area contributed by atoms with Crippen LogP contribution in [0.15, 0.2) is 0 Å². The Kier molecular flexibility index (Phi) is 4.94. The standard InChI is InChI=1S/C11H21NO2/c1-9(2)8-12-11(13)7-10-5-3-4-6-14-10/h9-10H,3-8H2,1-2H3,(H,12,13). The van der Waals surface area contributed by atoms with E-state index in [1.165, 1.54) is 6.42 Å². The van der Waals surface area contributed by atoms with Gasteiger partial charge in [0.05, 0.1) is 12.5 Å². The lowest BCUT2D eigenvalue weighted by molar-refractivity contribution is -0.125. The Morgan fingerprint density at radius 1 is 1.50 bits per heavy atom. The SMILES string of the molecule is CC(C)CNC(=O)CC1CCCCO1. The normalized spacial score (nSPS) is 22.4. The summed E-state index contributed by atoms with van der Waals surface area (Å²) in [5.41, 5.74) is 0. The number of ether oxygens (including phenoxy) is 1. The van der Waals surface area contributed by atoms with Crippen LogP contribution in [0.3, 0.4) is 0 Å². The van der Waals surface area contributed by atoms with Crippen LogP contribution in [0.25, 0.3) is 0 Å². The van der Waals surface area contributed by atoms with Crippen LogP contribution in [0.5, 0.6) is 0 Å². The van der Waals surface area contributed by atoms with Crippen molar-refractivity contribution in [3.8, 4) is 0 Å². The molecule has 3 heteroatoms. The van der Waals surface area contributed by atoms with Crippen LogP contribution in [0.4, 0.5) is 0 Å². The van der Waals surface area contributed by atoms with Crippen molar-refractivity contribution in [2.75, 3.05) is 13.2 Å². The molecule has 0 aromatic rings. The zero-order valence-electron chi connectivity index (χ0n) is 9.21. The molecule has 1 N–H and O–H groups in total. The molecule has 0 saturated carbocycles. The van der Waals surface area contributed by atoms with Crippen LogP contribution in [0, 0.1) is 5.92 Å². The fourth-order valence-electron chi connectivity index (χ4n) is 1.57. The van der Waals surface area contributed by atoms with Gasteiger partial charge in [0.1, 0.15) is 0 Å². The third-order valence-corrected chi connectivity index (χ3v) is 2.39. The van der Waals surface area contributed by atoms with Gasteiger partial charge in [-0.3, -0.25) is 4.79 Å². The first-order chi connectivity index (χ1) is 6.68. The van der Waals surface area contributed by atoms with Gasteiger partial charge in [0, 0.05) is 13.2 Å². The summed E-state index contributed by atoms with van der Waals surface area (Å²) in [6.07, 6.45) is 4.07. The fourth-order valence-corrected chi connectivity index (χ4v) is 1.57. The number of rotatable bonds is 4. The highest BCUT2D eigenvalue weighted by Gasteiger charge is 2.17. The predicted molar refractivity (Wildman–Crippen MR) is 56.1 cm³/mol. The Bertz CT molecular complexity index is 174. The molecule has 1 saturated heterocycles. The summed E-state index contributed by atoms with van der Waals surface area (Å²) >= 11 is 0. The van der Waals surface area contributed by atoms with Gasteiger partial charge >= 0.3 is 0 Å². The number of hydrogen-bond acceptors (Lipinski definition) is 2. The van der Waals surface area contributed by atoms with Crippen LogP contribution in [0.2, 0.25) is 0 Å². The van der Waals surface area contributed by atoms with Crippen molar-refractivity contribution in [3.05, 3.63) is 0 Å². The lowest BCUT2D eigenvalue weighted by Crippen LogP contribution is -2.32. The van der Waals surface area contributed by atoms with E-state index in [1.54, 1.807) is 0 Å². The largest absolute Gasteiger partial charge is 0.378 e. The number of amides is 1. The molecule has 1 rings (SSSR count). The highest BCUT2D eigenvalue weighted by molar-refractivity contribution is 5.76. The first-order valence-corrected chi connectivity index (χ1v) is 5.57. The van der Waals surface area contributed by atoms with E-state index in [0.29, 0.717) is 12.3 Å². The third-order valence-electron chi connectivity index (χ3n) is 2.39. The summed E-state index contributed by atoms with van der Waals surface area (Å²) in [6, 6.07) is 0. The molecule has 0 spiro atoms. The Hall–Kier alpha value is -0.570. The van der Waals surface area contributed by atoms with Crippen molar-refractivity contribution >= 4 is 5.91 Å². The Labute approximate surface area is 86.2 Å². The topological polar surface area (TPSA) is 38.3 Å². The van der Waals surface area contributed by atoms with Crippen molar-refractivity contribution in [1.82, 2.24) is 5.32 Å². The first-order valence-electron chi connectivity index (χ1n) is 5.57. The second-order valence-corrected chi connectivity index (χ2v) is 4.39. The van der Waals surface area contributed by atoms with Crippen LogP contribution in [0.1, 0.15) is 39.5 Å². The summed E-state index contributed by atoms with van der Waals surface area (Å²) < 4.78 is 5.49. The van der Waals surface area contributed by atoms with Gasteiger partial charge in [0.25, 0.3) is 0 Å². The zero-order chi connectivity index (χ0) is 10.4. The van der Waals surface area contributed by atoms with Crippen LogP contribution in [-0.2, 0) is 9.53 Å². The van der Waals surface area contributed by atoms with E-state index in [2.05, 4.69) is 19.2 Å². The molecule has 0 aromatic heterocycles. The number of carbonyl (C=O) groups is 1. The van der Waals surface area contributed by atoms with Crippen molar-refractivity contribution in [2.45, 2.75) is 45.6 Å². The lowest BCUT2D eigenvalue weighted by Gasteiger charge is -2.22. The molecule has 1 amide bonds. The fraction of sp³-hybridized carbons (Fsp3) is 0.909. The molecule has 1 heterocycles. The van der Waals surface area contributed by atoms with Gasteiger partial charge in [0.15, 0.2) is 0 Å². The maximum absolute atomic E-state index is 11.4. The van der Waals surface area contributed by atoms with Crippen LogP contribution >= 0.6 is 0 Å². The van der Waals surface area contributed by atoms with Gasteiger partial charge in [-0.25, -0.2) is 0 Å². The van der Waals surface area contributed by atoms with Gasteiger partial charge in [-0.15, -0.1) is 0 Å². The Morgan fingerprint density at radius 2 is 2.29 bits per heavy atom. The minimum atomic E-state index is 0.130. The van der Waals surface area contributed by atoms with Crippen LogP contribution in [-0.4, -0.2) is 25.2 Å². The maximum Gasteiger partial charge on any atom is 0.222 e. The monoisotopic (exact) mass is 199 g/mol. The van der Waals surface area contributed by atoms with Crippen molar-refractivity contribution < 1.29 is 9.53 Å². The summed E-state index contributed by atoms with van der Waals surface area (Å²) in [6.45, 7) is 5.78. The predicted octanol–water partition coefficient (Wildman–Crippen LogP) is 1.72. The molecule has 14 heavy (non-hydrogen) atoms. The average Bonchev–Trinajstić information content (AvgIpc) is 2.16. The van der Waals surface area contributed by atoms with Gasteiger partial charge in [-0.05, 0) is 25.2 Å². The van der Waals surface area contributed by atoms with Gasteiger partial charge < -0.3 is 10.1 Å². The average molecular weight is 199 g/mol. The second kappa shape index (κ2) is 6.02. The minimum absolute atomic E-state index is 0.130. The van der Waals surface area contributed by atoms with Crippen LogP contribution < -0.4 is 5.32 Å². The van der Waals surface area contributed by atoms with Gasteiger partial charge in [-0.2, -0.15) is 0 Å². The third kappa shape index (κ3) is 4.61. The molecule has 1 atom stereocenters. The maximum atomic E-state index is 11.4. The van der Waals surface area contributed by atoms with Crippen molar-refractivity contribution in [1.29, 1.82) is 0 Å². The highest BCUT2D eigenvalue weighted by atomic mass is 16.5. The first kappa shape index (κ1) is 11.5. The van der Waals surface area contributed by atoms with Crippen molar-refractivity contribution in [2.24, 2.45) is 5.92 Å². The summed E-state index contributed by atoms with van der Waals surface area (Å²) in [5, 5.41) is 2.91. The van der Waals surface area contributed by atoms with E-state index >= 15 is 0 Å². The summed E-state index contributed by atoms with van der Waals surface area (Å²) in [4.78, 5) is 11.4. The Morgan fingerprint density at radius 3 is 2.86 bits per heavy atom. The molecule has 1 unspecified atom stereocenters. The summed E-state index contributed by atoms with van der Waals surface area (Å²) in [5.74, 6) is 0.650. The molecule has 0 aromatic carbocycles. The minimum Gasteiger partial charge on any atom is -0.378 e. The van der Waals surface area contributed by atoms with E-state index in [4.69, 9.17) is 4.74 Å². The summed E-state index contributed by atoms with van der Waals surface area (Å²) in [7, 11) is 0. The van der Waals surface area contributed by atoms with Crippen molar-refractivity contribution in [3.63, 3.8) is 0 Å². The molecule has 82 valence electrons. The van der Waals surface area contributed by atoms with Gasteiger partial charge in [-0.1, -0.05) is 13.8 Å². The quantitative estimate of drug-likeness (QED) is 0.748. The van der Waals surface area contributed by atoms with Gasteiger partial charge in [0.2, 0.25) is 5.91 Å². The van der Waals surface area contributed by atoms with E-state index in [9.17, 15) is 4.79 Å². The molecule has 0 bridgehead atoms. The molecular weight excluding hydrogens is 178 g/mol. The molecule has 1 fully saturated rings. The molecule has 0 aliphatic carbocycles. The lowest BCUT2D eigenvalue weighted by atomic mass is 10.1. The number of nitrogens with one attached hydrogen (secondary N) is 1. The molecule has 1 aliphatic rings. The molecular formula is C11H21NO2. The number of carbonyl (C=O) groups excluding carboxylic acids is 1. The zero-order valence-corrected chi connectivity index (χ0v) is 9.21. The smallest absolute Gasteiger partial charge is 0.222 e. The van der Waals surface area contributed by atoms with E-state index in [-0.39, 0.29) is 12.0 Å². The number of hydrogen-bond donors (Lipinski definition) is 1. The second-order valence-electron chi connectivity index (χ2n) is 4.39. The molecule has 3 nitrogen and oxygen atoms in total. The van der Waals surface area contributed by atoms with E-state index < -0.39 is 0 Å². The molecule has 0 radical (unpaired) electrons. The van der Waals surface area contributed by atoms with E-state index in [1.807, 2.05) is 0 Å². The highest BCUT2D eigenvalue weighted by Crippen LogP contribution is 2.15.